The summed E-state index contributed by atoms with van der Waals surface area (Å²) < 4.78 is 4.94. The Bertz CT molecular complexity index is 413. The van der Waals surface area contributed by atoms with Crippen LogP contribution in [0, 0.1) is 0 Å². The van der Waals surface area contributed by atoms with Gasteiger partial charge in [-0.15, -0.1) is 0 Å². The molecule has 1 aliphatic heterocycles. The summed E-state index contributed by atoms with van der Waals surface area (Å²) in [4.78, 5) is 25.6. The van der Waals surface area contributed by atoms with E-state index in [1.807, 2.05) is 11.8 Å². The molecule has 0 aromatic heterocycles. The molecule has 1 amide bonds. The van der Waals surface area contributed by atoms with Crippen molar-refractivity contribution in [1.29, 1.82) is 0 Å². The van der Waals surface area contributed by atoms with Crippen LogP contribution in [-0.4, -0.2) is 47.2 Å². The minimum Gasteiger partial charge on any atom is -0.466 e. The van der Waals surface area contributed by atoms with Gasteiger partial charge in [0.15, 0.2) is 0 Å². The second-order valence-electron chi connectivity index (χ2n) is 7.79. The van der Waals surface area contributed by atoms with Crippen LogP contribution >= 0.6 is 0 Å². The molecular weight excluding hydrogens is 342 g/mol. The van der Waals surface area contributed by atoms with Crippen molar-refractivity contribution in [2.45, 2.75) is 116 Å². The summed E-state index contributed by atoms with van der Waals surface area (Å²) in [5.41, 5.74) is 0. The molecule has 2 unspecified atom stereocenters. The van der Waals surface area contributed by atoms with E-state index < -0.39 is 0 Å². The molecule has 1 N–H and O–H groups in total. The molecule has 1 rings (SSSR count). The first-order chi connectivity index (χ1) is 13.1. The van der Waals surface area contributed by atoms with Gasteiger partial charge in [0, 0.05) is 19.4 Å². The number of aliphatic hydroxyl groups excluding tert-OH is 1. The number of hydrogen-bond acceptors (Lipinski definition) is 4. The molecule has 0 aliphatic carbocycles. The average molecular weight is 384 g/mol. The number of ether oxygens (including phenoxy) is 1. The normalized spacial score (nSPS) is 20.1. The summed E-state index contributed by atoms with van der Waals surface area (Å²) in [6, 6.07) is -0.0213. The molecule has 1 saturated heterocycles. The Balaban J connectivity index is 2.27. The van der Waals surface area contributed by atoms with Crippen LogP contribution < -0.4 is 0 Å². The predicted octanol–water partition coefficient (Wildman–Crippen LogP) is 4.60. The zero-order valence-corrected chi connectivity index (χ0v) is 17.6. The lowest BCUT2D eigenvalue weighted by Crippen LogP contribution is -2.51. The third kappa shape index (κ3) is 10.1. The van der Waals surface area contributed by atoms with Crippen LogP contribution in [0.15, 0.2) is 0 Å². The molecule has 1 fully saturated rings. The Morgan fingerprint density at radius 1 is 1.04 bits per heavy atom. The van der Waals surface area contributed by atoms with Gasteiger partial charge in [0.2, 0.25) is 5.91 Å². The van der Waals surface area contributed by atoms with Crippen molar-refractivity contribution in [3.63, 3.8) is 0 Å². The van der Waals surface area contributed by atoms with Crippen LogP contribution in [0.5, 0.6) is 0 Å². The van der Waals surface area contributed by atoms with Crippen molar-refractivity contribution in [2.75, 3.05) is 13.2 Å². The lowest BCUT2D eigenvalue weighted by molar-refractivity contribution is -0.143. The summed E-state index contributed by atoms with van der Waals surface area (Å²) in [6.45, 7) is 5.28. The largest absolute Gasteiger partial charge is 0.466 e. The molecule has 1 aliphatic rings. The van der Waals surface area contributed by atoms with E-state index in [1.54, 1.807) is 0 Å². The minimum absolute atomic E-state index is 0.0213. The van der Waals surface area contributed by atoms with E-state index in [1.165, 1.54) is 32.1 Å². The van der Waals surface area contributed by atoms with Gasteiger partial charge in [0.1, 0.15) is 0 Å². The van der Waals surface area contributed by atoms with Gasteiger partial charge in [-0.05, 0) is 32.6 Å². The third-order valence-corrected chi connectivity index (χ3v) is 5.51. The molecule has 0 saturated carbocycles. The minimum atomic E-state index is -0.387. The van der Waals surface area contributed by atoms with Crippen molar-refractivity contribution in [2.24, 2.45) is 0 Å². The number of piperidine rings is 1. The Morgan fingerprint density at radius 3 is 2.44 bits per heavy atom. The van der Waals surface area contributed by atoms with Crippen molar-refractivity contribution < 1.29 is 19.4 Å². The number of likely N-dealkylation sites (tertiary alicyclic amines) is 1. The fourth-order valence-electron chi connectivity index (χ4n) is 3.91. The van der Waals surface area contributed by atoms with Gasteiger partial charge in [-0.25, -0.2) is 0 Å². The standard InChI is InChI=1S/C22H41NO4/c1-3-5-6-7-10-13-18-23-19(20(24)16-17-21(23)25)14-11-8-9-12-15-22(26)27-4-2/h19-20,24H,3-18H2,1-2H3. The second-order valence-corrected chi connectivity index (χ2v) is 7.79. The summed E-state index contributed by atoms with van der Waals surface area (Å²) in [7, 11) is 0. The maximum absolute atomic E-state index is 12.4. The number of aliphatic hydroxyl groups is 1. The number of carbonyl (C=O) groups is 2. The highest BCUT2D eigenvalue weighted by atomic mass is 16.5. The predicted molar refractivity (Wildman–Crippen MR) is 108 cm³/mol. The highest BCUT2D eigenvalue weighted by Gasteiger charge is 2.33. The SMILES string of the molecule is CCCCCCCCN1C(=O)CCC(O)C1CCCCCCC(=O)OCC. The molecule has 0 spiro atoms. The maximum atomic E-state index is 12.4. The van der Waals surface area contributed by atoms with E-state index in [2.05, 4.69) is 6.92 Å². The Hall–Kier alpha value is -1.10. The molecule has 0 bridgehead atoms. The van der Waals surface area contributed by atoms with Gasteiger partial charge in [0.05, 0.1) is 18.8 Å². The molecule has 27 heavy (non-hydrogen) atoms. The molecular formula is C22H41NO4. The van der Waals surface area contributed by atoms with Gasteiger partial charge in [-0.1, -0.05) is 58.3 Å². The first-order valence-corrected chi connectivity index (χ1v) is 11.2. The van der Waals surface area contributed by atoms with Gasteiger partial charge < -0.3 is 14.7 Å². The Morgan fingerprint density at radius 2 is 1.70 bits per heavy atom. The fourth-order valence-corrected chi connectivity index (χ4v) is 3.91. The van der Waals surface area contributed by atoms with Crippen LogP contribution in [0.2, 0.25) is 0 Å². The number of amides is 1. The summed E-state index contributed by atoms with van der Waals surface area (Å²) in [6.07, 6.45) is 13.2. The average Bonchev–Trinajstić information content (AvgIpc) is 2.65. The lowest BCUT2D eigenvalue weighted by atomic mass is 9.93. The summed E-state index contributed by atoms with van der Waals surface area (Å²) in [5.74, 6) is 0.0945. The summed E-state index contributed by atoms with van der Waals surface area (Å²) >= 11 is 0. The van der Waals surface area contributed by atoms with E-state index in [0.717, 1.165) is 45.1 Å². The Kier molecular flexibility index (Phi) is 13.2. The first-order valence-electron chi connectivity index (χ1n) is 11.2. The molecule has 0 aromatic rings. The fraction of sp³-hybridized carbons (Fsp3) is 0.909. The second kappa shape index (κ2) is 14.9. The van der Waals surface area contributed by atoms with Crippen LogP contribution in [0.25, 0.3) is 0 Å². The quantitative estimate of drug-likeness (QED) is 0.331. The highest BCUT2D eigenvalue weighted by molar-refractivity contribution is 5.77. The molecule has 1 heterocycles. The van der Waals surface area contributed by atoms with Gasteiger partial charge in [-0.3, -0.25) is 9.59 Å². The number of esters is 1. The highest BCUT2D eigenvalue weighted by Crippen LogP contribution is 2.24. The zero-order valence-electron chi connectivity index (χ0n) is 17.6. The monoisotopic (exact) mass is 383 g/mol. The number of rotatable bonds is 15. The molecule has 158 valence electrons. The van der Waals surface area contributed by atoms with Crippen LogP contribution in [-0.2, 0) is 14.3 Å². The van der Waals surface area contributed by atoms with Crippen molar-refractivity contribution in [3.05, 3.63) is 0 Å². The van der Waals surface area contributed by atoms with Crippen LogP contribution in [0.1, 0.15) is 104 Å². The first kappa shape index (κ1) is 23.9. The Labute approximate surface area is 165 Å². The van der Waals surface area contributed by atoms with E-state index in [9.17, 15) is 14.7 Å². The van der Waals surface area contributed by atoms with E-state index in [-0.39, 0.29) is 24.0 Å². The van der Waals surface area contributed by atoms with Crippen LogP contribution in [0.4, 0.5) is 0 Å². The number of hydrogen-bond donors (Lipinski definition) is 1. The van der Waals surface area contributed by atoms with E-state index >= 15 is 0 Å². The number of unbranched alkanes of at least 4 members (excludes halogenated alkanes) is 8. The molecule has 5 heteroatoms. The van der Waals surface area contributed by atoms with E-state index in [4.69, 9.17) is 4.74 Å². The topological polar surface area (TPSA) is 66.8 Å². The lowest BCUT2D eigenvalue weighted by Gasteiger charge is -2.39. The smallest absolute Gasteiger partial charge is 0.305 e. The number of carbonyl (C=O) groups excluding carboxylic acids is 2. The van der Waals surface area contributed by atoms with Crippen LogP contribution in [0.3, 0.4) is 0 Å². The van der Waals surface area contributed by atoms with Gasteiger partial charge in [-0.2, -0.15) is 0 Å². The van der Waals surface area contributed by atoms with Crippen molar-refractivity contribution >= 4 is 11.9 Å². The van der Waals surface area contributed by atoms with Crippen molar-refractivity contribution in [3.8, 4) is 0 Å². The molecule has 0 radical (unpaired) electrons. The summed E-state index contributed by atoms with van der Waals surface area (Å²) in [5, 5.41) is 10.4. The van der Waals surface area contributed by atoms with Crippen molar-refractivity contribution in [1.82, 2.24) is 4.90 Å². The zero-order chi connectivity index (χ0) is 19.9. The van der Waals surface area contributed by atoms with Gasteiger partial charge >= 0.3 is 5.97 Å². The van der Waals surface area contributed by atoms with E-state index in [0.29, 0.717) is 25.9 Å². The molecule has 2 atom stereocenters. The maximum Gasteiger partial charge on any atom is 0.305 e. The third-order valence-electron chi connectivity index (χ3n) is 5.51. The van der Waals surface area contributed by atoms with Gasteiger partial charge in [0.25, 0.3) is 0 Å². The number of nitrogens with zero attached hydrogens (tertiary/aromatic N) is 1. The molecule has 0 aromatic carbocycles. The molecule has 5 nitrogen and oxygen atoms in total.